The molecule has 2 aliphatic heterocycles. The van der Waals surface area contributed by atoms with Gasteiger partial charge in [0.2, 0.25) is 5.88 Å². The van der Waals surface area contributed by atoms with Crippen LogP contribution in [0.5, 0.6) is 5.88 Å². The third-order valence-electron chi connectivity index (χ3n) is 6.33. The molecule has 12 nitrogen and oxygen atoms in total. The van der Waals surface area contributed by atoms with Crippen molar-refractivity contribution >= 4 is 17.9 Å². The van der Waals surface area contributed by atoms with Gasteiger partial charge in [0.25, 0.3) is 0 Å². The van der Waals surface area contributed by atoms with E-state index in [0.717, 1.165) is 56.9 Å². The molecule has 0 aromatic carbocycles. The lowest BCUT2D eigenvalue weighted by molar-refractivity contribution is -0.193. The van der Waals surface area contributed by atoms with Crippen LogP contribution in [-0.4, -0.2) is 106 Å². The summed E-state index contributed by atoms with van der Waals surface area (Å²) in [5, 5.41) is 21.4. The van der Waals surface area contributed by atoms with E-state index in [2.05, 4.69) is 20.9 Å². The van der Waals surface area contributed by atoms with Crippen LogP contribution in [0.15, 0.2) is 42.7 Å². The first-order valence-electron chi connectivity index (χ1n) is 13.3. The van der Waals surface area contributed by atoms with Crippen molar-refractivity contribution in [3.05, 3.63) is 54.0 Å². The predicted octanol–water partition coefficient (Wildman–Crippen LogP) is 4.58. The SMILES string of the molecule is COc1ncccc1CN1CC2(C1)OCCC2CCOCc1ccccn1.O=C(O)C(F)(F)F.O=C(O)C(F)(F)F.O=C(O)C(F)(F)F. The largest absolute Gasteiger partial charge is 0.490 e. The number of carboxylic acids is 3. The third kappa shape index (κ3) is 14.7. The summed E-state index contributed by atoms with van der Waals surface area (Å²) in [4.78, 5) is 37.7. The summed E-state index contributed by atoms with van der Waals surface area (Å²) in [6.45, 7) is 4.98. The minimum atomic E-state index is -5.08. The minimum Gasteiger partial charge on any atom is -0.481 e. The van der Waals surface area contributed by atoms with Gasteiger partial charge in [0.15, 0.2) is 0 Å². The smallest absolute Gasteiger partial charge is 0.481 e. The number of carboxylic acid groups (broad SMARTS) is 3. The molecule has 0 amide bonds. The molecule has 270 valence electrons. The van der Waals surface area contributed by atoms with Gasteiger partial charge >= 0.3 is 36.4 Å². The second-order valence-electron chi connectivity index (χ2n) is 9.79. The molecular weight excluding hydrogens is 681 g/mol. The van der Waals surface area contributed by atoms with Crippen molar-refractivity contribution in [2.75, 3.05) is 33.4 Å². The van der Waals surface area contributed by atoms with E-state index in [4.69, 9.17) is 43.9 Å². The first-order valence-corrected chi connectivity index (χ1v) is 13.3. The molecule has 1 spiro atoms. The van der Waals surface area contributed by atoms with Crippen LogP contribution in [0.2, 0.25) is 0 Å². The molecule has 2 aliphatic rings. The quantitative estimate of drug-likeness (QED) is 0.258. The van der Waals surface area contributed by atoms with Crippen molar-refractivity contribution in [3.63, 3.8) is 0 Å². The number of aliphatic carboxylic acids is 3. The van der Waals surface area contributed by atoms with Gasteiger partial charge < -0.3 is 29.5 Å². The molecule has 2 fully saturated rings. The monoisotopic (exact) mass is 711 g/mol. The number of hydrogen-bond acceptors (Lipinski definition) is 9. The van der Waals surface area contributed by atoms with Gasteiger partial charge in [-0.15, -0.1) is 0 Å². The molecule has 2 saturated heterocycles. The molecule has 0 saturated carbocycles. The summed E-state index contributed by atoms with van der Waals surface area (Å²) >= 11 is 0. The summed E-state index contributed by atoms with van der Waals surface area (Å²) < 4.78 is 113. The summed E-state index contributed by atoms with van der Waals surface area (Å²) in [5.74, 6) is -6.99. The fourth-order valence-electron chi connectivity index (χ4n) is 4.22. The number of ether oxygens (including phenoxy) is 3. The van der Waals surface area contributed by atoms with Crippen LogP contribution < -0.4 is 4.74 Å². The van der Waals surface area contributed by atoms with Crippen molar-refractivity contribution in [1.82, 2.24) is 14.9 Å². The number of rotatable bonds is 8. The van der Waals surface area contributed by atoms with Gasteiger partial charge in [0, 0.05) is 50.8 Å². The maximum Gasteiger partial charge on any atom is 0.490 e. The van der Waals surface area contributed by atoms with E-state index in [0.29, 0.717) is 18.4 Å². The standard InChI is InChI=1S/C21H27N3O3.3C2HF3O2/c1-25-20-17(5-4-10-23-20)13-24-15-21(16-24)18(8-12-27-21)7-11-26-14-19-6-2-3-9-22-19;3*3-2(4,5)1(6)7/h2-6,9-10,18H,7-8,11-16H2,1H3;3*(H,6,7). The Labute approximate surface area is 266 Å². The van der Waals surface area contributed by atoms with Crippen LogP contribution in [0.25, 0.3) is 0 Å². The molecule has 21 heteroatoms. The number of hydrogen-bond donors (Lipinski definition) is 3. The summed E-state index contributed by atoms with van der Waals surface area (Å²) in [6.07, 6.45) is -9.52. The molecule has 2 aromatic heterocycles. The highest BCUT2D eigenvalue weighted by atomic mass is 19.4. The van der Waals surface area contributed by atoms with Gasteiger partial charge in [-0.25, -0.2) is 19.4 Å². The van der Waals surface area contributed by atoms with E-state index in [1.54, 1.807) is 19.5 Å². The van der Waals surface area contributed by atoms with Gasteiger partial charge in [-0.3, -0.25) is 9.88 Å². The lowest BCUT2D eigenvalue weighted by atomic mass is 9.79. The molecular formula is C27H30F9N3O9. The molecule has 4 heterocycles. The average Bonchev–Trinajstić information content (AvgIpc) is 3.39. The maximum absolute atomic E-state index is 10.6. The van der Waals surface area contributed by atoms with Crippen LogP contribution in [0.3, 0.4) is 0 Å². The molecule has 2 aromatic rings. The molecule has 1 unspecified atom stereocenters. The van der Waals surface area contributed by atoms with E-state index < -0.39 is 36.4 Å². The van der Waals surface area contributed by atoms with Gasteiger partial charge in [0.05, 0.1) is 25.0 Å². The van der Waals surface area contributed by atoms with Crippen molar-refractivity contribution in [2.24, 2.45) is 5.92 Å². The number of carbonyl (C=O) groups is 3. The number of methoxy groups -OCH3 is 1. The van der Waals surface area contributed by atoms with Crippen molar-refractivity contribution in [3.8, 4) is 5.88 Å². The first kappa shape index (κ1) is 41.8. The highest BCUT2D eigenvalue weighted by Gasteiger charge is 2.52. The number of pyridine rings is 2. The third-order valence-corrected chi connectivity index (χ3v) is 6.33. The van der Waals surface area contributed by atoms with Crippen LogP contribution in [0.1, 0.15) is 24.1 Å². The fourth-order valence-corrected chi connectivity index (χ4v) is 4.22. The summed E-state index contributed by atoms with van der Waals surface area (Å²) in [7, 11) is 1.67. The fraction of sp³-hybridized carbons (Fsp3) is 0.519. The van der Waals surface area contributed by atoms with Crippen molar-refractivity contribution in [1.29, 1.82) is 0 Å². The molecule has 0 radical (unpaired) electrons. The Morgan fingerprint density at radius 2 is 1.40 bits per heavy atom. The number of nitrogens with zero attached hydrogens (tertiary/aromatic N) is 3. The second kappa shape index (κ2) is 18.3. The Hall–Kier alpha value is -4.24. The van der Waals surface area contributed by atoms with Crippen molar-refractivity contribution < 1.29 is 83.4 Å². The molecule has 0 bridgehead atoms. The van der Waals surface area contributed by atoms with Gasteiger partial charge in [-0.2, -0.15) is 39.5 Å². The molecule has 4 rings (SSSR count). The van der Waals surface area contributed by atoms with Crippen LogP contribution in [0, 0.1) is 5.92 Å². The predicted molar refractivity (Wildman–Crippen MR) is 142 cm³/mol. The zero-order valence-corrected chi connectivity index (χ0v) is 24.8. The van der Waals surface area contributed by atoms with Crippen LogP contribution in [0.4, 0.5) is 39.5 Å². The first-order chi connectivity index (χ1) is 22.1. The van der Waals surface area contributed by atoms with Gasteiger partial charge in [0.1, 0.15) is 0 Å². The number of likely N-dealkylation sites (tertiary alicyclic amines) is 1. The Balaban J connectivity index is 0.000000448. The molecule has 48 heavy (non-hydrogen) atoms. The molecule has 1 atom stereocenters. The Morgan fingerprint density at radius 3 is 1.85 bits per heavy atom. The van der Waals surface area contributed by atoms with Gasteiger partial charge in [-0.1, -0.05) is 12.1 Å². The number of aromatic nitrogens is 2. The van der Waals surface area contributed by atoms with Crippen LogP contribution in [-0.2, 0) is 37.0 Å². The summed E-state index contributed by atoms with van der Waals surface area (Å²) in [5.41, 5.74) is 2.11. The van der Waals surface area contributed by atoms with E-state index in [-0.39, 0.29) is 5.60 Å². The van der Waals surface area contributed by atoms with E-state index >= 15 is 0 Å². The van der Waals surface area contributed by atoms with E-state index in [1.165, 1.54) is 0 Å². The Kier molecular flexibility index (Phi) is 16.0. The highest BCUT2D eigenvalue weighted by Crippen LogP contribution is 2.42. The van der Waals surface area contributed by atoms with Gasteiger partial charge in [-0.05, 0) is 37.0 Å². The topological polar surface area (TPSA) is 169 Å². The zero-order chi connectivity index (χ0) is 36.8. The number of halogens is 9. The zero-order valence-electron chi connectivity index (χ0n) is 24.8. The average molecular weight is 712 g/mol. The van der Waals surface area contributed by atoms with Crippen molar-refractivity contribution in [2.45, 2.75) is 50.1 Å². The van der Waals surface area contributed by atoms with E-state index in [1.807, 2.05) is 24.3 Å². The lowest BCUT2D eigenvalue weighted by Gasteiger charge is -2.50. The minimum absolute atomic E-state index is 0.00377. The van der Waals surface area contributed by atoms with Crippen LogP contribution >= 0.6 is 0 Å². The maximum atomic E-state index is 10.6. The normalized spacial score (nSPS) is 16.9. The lowest BCUT2D eigenvalue weighted by Crippen LogP contribution is -2.64. The summed E-state index contributed by atoms with van der Waals surface area (Å²) in [6, 6.07) is 9.95. The molecule has 3 N–H and O–H groups in total. The molecule has 0 aliphatic carbocycles. The number of alkyl halides is 9. The Morgan fingerprint density at radius 1 is 0.875 bits per heavy atom. The second-order valence-corrected chi connectivity index (χ2v) is 9.79. The van der Waals surface area contributed by atoms with E-state index in [9.17, 15) is 39.5 Å². The Bertz CT molecular complexity index is 1250. The highest BCUT2D eigenvalue weighted by molar-refractivity contribution is 5.73.